The number of anilines is 1. The molecule has 148 valence electrons. The van der Waals surface area contributed by atoms with E-state index in [-0.39, 0.29) is 5.56 Å². The van der Waals surface area contributed by atoms with Crippen molar-refractivity contribution in [2.45, 2.75) is 19.4 Å². The first-order valence-electron chi connectivity index (χ1n) is 9.80. The highest BCUT2D eigenvalue weighted by molar-refractivity contribution is 5.78. The van der Waals surface area contributed by atoms with Gasteiger partial charge < -0.3 is 9.64 Å². The van der Waals surface area contributed by atoms with E-state index >= 15 is 0 Å². The topological polar surface area (TPSA) is 77.5 Å². The van der Waals surface area contributed by atoms with Crippen molar-refractivity contribution in [1.82, 2.24) is 24.1 Å². The van der Waals surface area contributed by atoms with Crippen LogP contribution < -0.4 is 15.2 Å². The summed E-state index contributed by atoms with van der Waals surface area (Å²) in [6, 6.07) is 9.31. The van der Waals surface area contributed by atoms with Gasteiger partial charge in [-0.25, -0.2) is 14.5 Å². The molecule has 4 aromatic rings. The first-order valence-corrected chi connectivity index (χ1v) is 9.80. The fraction of sp³-hybridized carbons (Fsp3) is 0.333. The summed E-state index contributed by atoms with van der Waals surface area (Å²) in [5.74, 6) is 2.13. The zero-order valence-corrected chi connectivity index (χ0v) is 16.2. The van der Waals surface area contributed by atoms with Crippen LogP contribution in [0.15, 0.2) is 53.8 Å². The molecular formula is C21H22N6O2. The Morgan fingerprint density at radius 2 is 2.03 bits per heavy atom. The summed E-state index contributed by atoms with van der Waals surface area (Å²) < 4.78 is 8.73. The van der Waals surface area contributed by atoms with Gasteiger partial charge in [0.2, 0.25) is 0 Å². The van der Waals surface area contributed by atoms with E-state index in [1.807, 2.05) is 18.3 Å². The Morgan fingerprint density at radius 1 is 1.17 bits per heavy atom. The molecule has 4 heterocycles. The lowest BCUT2D eigenvalue weighted by Crippen LogP contribution is -2.36. The monoisotopic (exact) mass is 390 g/mol. The van der Waals surface area contributed by atoms with Crippen LogP contribution in [0.5, 0.6) is 5.75 Å². The number of piperidine rings is 1. The van der Waals surface area contributed by atoms with Crippen LogP contribution >= 0.6 is 0 Å². The molecule has 0 spiro atoms. The Balaban J connectivity index is 1.29. The molecule has 1 fully saturated rings. The number of fused-ring (bicyclic) bond motifs is 2. The molecule has 0 bridgehead atoms. The molecule has 1 aliphatic rings. The third-order valence-electron chi connectivity index (χ3n) is 5.67. The first kappa shape index (κ1) is 17.7. The Morgan fingerprint density at radius 3 is 2.86 bits per heavy atom. The van der Waals surface area contributed by atoms with Gasteiger partial charge in [-0.05, 0) is 37.0 Å². The zero-order valence-electron chi connectivity index (χ0n) is 16.2. The maximum atomic E-state index is 12.8. The SMILES string of the molecule is COc1ccc2c(=O)n(CC3CCN(c4ccn5nccc5n4)CC3)cnc2c1. The predicted molar refractivity (Wildman–Crippen MR) is 110 cm³/mol. The highest BCUT2D eigenvalue weighted by Gasteiger charge is 2.21. The van der Waals surface area contributed by atoms with Crippen molar-refractivity contribution in [2.24, 2.45) is 5.92 Å². The number of methoxy groups -OCH3 is 1. The van der Waals surface area contributed by atoms with Crippen molar-refractivity contribution in [1.29, 1.82) is 0 Å². The van der Waals surface area contributed by atoms with Crippen LogP contribution in [-0.2, 0) is 6.54 Å². The second-order valence-electron chi connectivity index (χ2n) is 7.44. The first-order chi connectivity index (χ1) is 14.2. The van der Waals surface area contributed by atoms with Gasteiger partial charge in [-0.1, -0.05) is 0 Å². The van der Waals surface area contributed by atoms with Crippen LogP contribution in [0.1, 0.15) is 12.8 Å². The van der Waals surface area contributed by atoms with Crippen molar-refractivity contribution < 1.29 is 4.74 Å². The average molecular weight is 390 g/mol. The van der Waals surface area contributed by atoms with Crippen molar-refractivity contribution in [3.63, 3.8) is 0 Å². The summed E-state index contributed by atoms with van der Waals surface area (Å²) in [6.45, 7) is 2.54. The Labute approximate surface area is 167 Å². The van der Waals surface area contributed by atoms with Crippen molar-refractivity contribution in [2.75, 3.05) is 25.1 Å². The molecule has 0 unspecified atom stereocenters. The standard InChI is InChI=1S/C21H22N6O2/c1-29-16-2-3-17-18(12-16)22-14-26(21(17)28)13-15-5-9-25(10-6-15)19-7-11-27-20(24-19)4-8-23-27/h2-4,7-8,11-12,14-15H,5-6,9-10,13H2,1H3. The number of hydrogen-bond acceptors (Lipinski definition) is 6. The van der Waals surface area contributed by atoms with Gasteiger partial charge in [0.1, 0.15) is 11.6 Å². The Kier molecular flexibility index (Phi) is 4.38. The van der Waals surface area contributed by atoms with E-state index in [9.17, 15) is 4.79 Å². The summed E-state index contributed by atoms with van der Waals surface area (Å²) >= 11 is 0. The maximum absolute atomic E-state index is 12.8. The highest BCUT2D eigenvalue weighted by atomic mass is 16.5. The molecule has 1 aliphatic heterocycles. The van der Waals surface area contributed by atoms with Crippen LogP contribution in [0.25, 0.3) is 16.6 Å². The lowest BCUT2D eigenvalue weighted by molar-refractivity contribution is 0.351. The molecule has 0 radical (unpaired) electrons. The van der Waals surface area contributed by atoms with Crippen LogP contribution in [0.4, 0.5) is 5.82 Å². The van der Waals surface area contributed by atoms with E-state index in [4.69, 9.17) is 4.74 Å². The van der Waals surface area contributed by atoms with Gasteiger partial charge in [0.15, 0.2) is 5.65 Å². The van der Waals surface area contributed by atoms with Crippen LogP contribution in [0.2, 0.25) is 0 Å². The second-order valence-corrected chi connectivity index (χ2v) is 7.44. The van der Waals surface area contributed by atoms with Gasteiger partial charge in [0, 0.05) is 38.0 Å². The molecule has 8 nitrogen and oxygen atoms in total. The van der Waals surface area contributed by atoms with E-state index in [2.05, 4.69) is 20.0 Å². The third kappa shape index (κ3) is 3.30. The normalized spacial score (nSPS) is 15.3. The molecule has 0 amide bonds. The molecule has 29 heavy (non-hydrogen) atoms. The van der Waals surface area contributed by atoms with E-state index in [0.29, 0.717) is 29.1 Å². The number of rotatable bonds is 4. The average Bonchev–Trinajstić information content (AvgIpc) is 3.24. The molecule has 8 heteroatoms. The van der Waals surface area contributed by atoms with E-state index in [0.717, 1.165) is 37.4 Å². The fourth-order valence-corrected chi connectivity index (χ4v) is 4.00. The molecule has 3 aromatic heterocycles. The molecule has 1 aromatic carbocycles. The summed E-state index contributed by atoms with van der Waals surface area (Å²) in [4.78, 5) is 24.3. The quantitative estimate of drug-likeness (QED) is 0.532. The lowest BCUT2D eigenvalue weighted by Gasteiger charge is -2.33. The number of benzene rings is 1. The minimum atomic E-state index is 0.00735. The third-order valence-corrected chi connectivity index (χ3v) is 5.67. The van der Waals surface area contributed by atoms with E-state index in [1.165, 1.54) is 0 Å². The highest BCUT2D eigenvalue weighted by Crippen LogP contribution is 2.23. The fourth-order valence-electron chi connectivity index (χ4n) is 4.00. The van der Waals surface area contributed by atoms with Crippen LogP contribution in [0.3, 0.4) is 0 Å². The van der Waals surface area contributed by atoms with Crippen molar-refractivity contribution in [3.05, 3.63) is 59.4 Å². The molecule has 0 atom stereocenters. The van der Waals surface area contributed by atoms with Gasteiger partial charge in [-0.3, -0.25) is 9.36 Å². The second kappa shape index (κ2) is 7.20. The molecule has 0 aliphatic carbocycles. The summed E-state index contributed by atoms with van der Waals surface area (Å²) in [5, 5.41) is 4.82. The maximum Gasteiger partial charge on any atom is 0.261 e. The molecule has 5 rings (SSSR count). The zero-order chi connectivity index (χ0) is 19.8. The van der Waals surface area contributed by atoms with Gasteiger partial charge in [0.25, 0.3) is 5.56 Å². The van der Waals surface area contributed by atoms with Gasteiger partial charge in [-0.2, -0.15) is 5.10 Å². The largest absolute Gasteiger partial charge is 0.497 e. The smallest absolute Gasteiger partial charge is 0.261 e. The number of nitrogens with zero attached hydrogens (tertiary/aromatic N) is 6. The molecule has 0 saturated carbocycles. The summed E-state index contributed by atoms with van der Waals surface area (Å²) in [6.07, 6.45) is 7.38. The van der Waals surface area contributed by atoms with Gasteiger partial charge >= 0.3 is 0 Å². The Hall–Kier alpha value is -3.42. The van der Waals surface area contributed by atoms with Crippen molar-refractivity contribution in [3.8, 4) is 5.75 Å². The van der Waals surface area contributed by atoms with Crippen LogP contribution in [-0.4, -0.2) is 44.3 Å². The summed E-state index contributed by atoms with van der Waals surface area (Å²) in [5.41, 5.74) is 1.53. The molecule has 0 N–H and O–H groups in total. The van der Waals surface area contributed by atoms with Crippen molar-refractivity contribution >= 4 is 22.4 Å². The van der Waals surface area contributed by atoms with E-state index < -0.39 is 0 Å². The predicted octanol–water partition coefficient (Wildman–Crippen LogP) is 2.36. The molecule has 1 saturated heterocycles. The van der Waals surface area contributed by atoms with Crippen LogP contribution in [0, 0.1) is 5.92 Å². The number of hydrogen-bond donors (Lipinski definition) is 0. The summed E-state index contributed by atoms with van der Waals surface area (Å²) in [7, 11) is 1.61. The van der Waals surface area contributed by atoms with E-state index in [1.54, 1.807) is 46.9 Å². The lowest BCUT2D eigenvalue weighted by atomic mass is 9.96. The van der Waals surface area contributed by atoms with Gasteiger partial charge in [0.05, 0.1) is 30.5 Å². The Bertz CT molecular complexity index is 1220. The van der Waals surface area contributed by atoms with Gasteiger partial charge in [-0.15, -0.1) is 0 Å². The number of aromatic nitrogens is 5. The minimum absolute atomic E-state index is 0.00735. The molecular weight excluding hydrogens is 368 g/mol. The minimum Gasteiger partial charge on any atom is -0.497 e. The number of ether oxygens (including phenoxy) is 1.